The Bertz CT molecular complexity index is 1900. The summed E-state index contributed by atoms with van der Waals surface area (Å²) >= 11 is 14.0. The number of fused-ring (bicyclic) bond motifs is 1. The van der Waals surface area contributed by atoms with E-state index in [0.717, 1.165) is 30.8 Å². The number of hydrogen-bond donors (Lipinski definition) is 3. The van der Waals surface area contributed by atoms with E-state index in [1.54, 1.807) is 25.4 Å². The van der Waals surface area contributed by atoms with Crippen LogP contribution in [0.3, 0.4) is 0 Å². The lowest BCUT2D eigenvalue weighted by Gasteiger charge is -2.37. The van der Waals surface area contributed by atoms with E-state index in [0.29, 0.717) is 81.7 Å². The summed E-state index contributed by atoms with van der Waals surface area (Å²) in [6, 6.07) is 12.6. The third kappa shape index (κ3) is 8.94. The normalized spacial score (nSPS) is 13.5. The first-order valence-electron chi connectivity index (χ1n) is 17.3. The van der Waals surface area contributed by atoms with Gasteiger partial charge in [0.2, 0.25) is 5.88 Å². The second-order valence-electron chi connectivity index (χ2n) is 14.2. The van der Waals surface area contributed by atoms with E-state index in [2.05, 4.69) is 59.4 Å². The standard InChI is InChI=1S/C38H48Cl2N6O5Si/c1-38(2,3)52(6,7)51-19-17-46-16-14-26-32(23-46)43-29(20-33(26)49-4)36(48)44-28-13-9-11-25(35(28)40)24-10-8-12-27(34(24)39)30-22-42-31(21-41-15-18-47)37(45-30)50-5/h8-13,20,22,41,47H,14-19,21,23H2,1-7H3,(H,44,48). The minimum absolute atomic E-state index is 0.0107. The summed E-state index contributed by atoms with van der Waals surface area (Å²) in [5, 5.41) is 16.0. The number of nitrogens with one attached hydrogen (secondary N) is 2. The van der Waals surface area contributed by atoms with Crippen LogP contribution >= 0.6 is 23.2 Å². The highest BCUT2D eigenvalue weighted by molar-refractivity contribution is 6.74. The number of aliphatic hydroxyl groups is 1. The van der Waals surface area contributed by atoms with E-state index >= 15 is 0 Å². The maximum atomic E-state index is 13.7. The van der Waals surface area contributed by atoms with Crippen LogP contribution in [0.15, 0.2) is 48.7 Å². The van der Waals surface area contributed by atoms with Gasteiger partial charge in [-0.3, -0.25) is 14.7 Å². The number of carbonyl (C=O) groups excluding carboxylic acids is 1. The molecule has 4 aromatic rings. The Labute approximate surface area is 317 Å². The van der Waals surface area contributed by atoms with Gasteiger partial charge in [0.05, 0.1) is 54.1 Å². The van der Waals surface area contributed by atoms with Crippen molar-refractivity contribution in [2.75, 3.05) is 52.4 Å². The minimum Gasteiger partial charge on any atom is -0.496 e. The number of ether oxygens (including phenoxy) is 2. The average molecular weight is 768 g/mol. The zero-order valence-corrected chi connectivity index (χ0v) is 33.4. The molecule has 0 radical (unpaired) electrons. The highest BCUT2D eigenvalue weighted by Gasteiger charge is 2.37. The molecule has 0 atom stereocenters. The molecule has 0 saturated carbocycles. The smallest absolute Gasteiger partial charge is 0.274 e. The molecule has 0 aliphatic carbocycles. The van der Waals surface area contributed by atoms with Gasteiger partial charge in [0.25, 0.3) is 5.91 Å². The van der Waals surface area contributed by atoms with Gasteiger partial charge in [-0.1, -0.05) is 74.3 Å². The van der Waals surface area contributed by atoms with E-state index in [1.807, 2.05) is 30.3 Å². The Hall–Kier alpha value is -3.62. The number of pyridine rings is 1. The largest absolute Gasteiger partial charge is 0.496 e. The van der Waals surface area contributed by atoms with Gasteiger partial charge < -0.3 is 29.6 Å². The van der Waals surface area contributed by atoms with Gasteiger partial charge in [-0.05, 0) is 30.6 Å². The van der Waals surface area contributed by atoms with Crippen LogP contribution in [0.5, 0.6) is 11.6 Å². The predicted molar refractivity (Wildman–Crippen MR) is 209 cm³/mol. The Morgan fingerprint density at radius 3 is 2.42 bits per heavy atom. The van der Waals surface area contributed by atoms with Crippen LogP contribution in [0, 0.1) is 0 Å². The van der Waals surface area contributed by atoms with Gasteiger partial charge in [-0.25, -0.2) is 9.97 Å². The summed E-state index contributed by atoms with van der Waals surface area (Å²) in [6.45, 7) is 15.0. The monoisotopic (exact) mass is 766 g/mol. The molecule has 3 N–H and O–H groups in total. The van der Waals surface area contributed by atoms with E-state index in [-0.39, 0.29) is 17.3 Å². The van der Waals surface area contributed by atoms with Crippen molar-refractivity contribution in [3.63, 3.8) is 0 Å². The predicted octanol–water partition coefficient (Wildman–Crippen LogP) is 7.24. The fourth-order valence-corrected chi connectivity index (χ4v) is 7.39. The van der Waals surface area contributed by atoms with Crippen molar-refractivity contribution in [3.8, 4) is 34.0 Å². The average Bonchev–Trinajstić information content (AvgIpc) is 3.11. The van der Waals surface area contributed by atoms with Crippen LogP contribution in [-0.4, -0.2) is 86.3 Å². The second kappa shape index (κ2) is 17.0. The zero-order valence-electron chi connectivity index (χ0n) is 30.9. The maximum Gasteiger partial charge on any atom is 0.274 e. The Morgan fingerprint density at radius 1 is 1.02 bits per heavy atom. The molecule has 5 rings (SSSR count). The van der Waals surface area contributed by atoms with Crippen LogP contribution in [0.2, 0.25) is 28.2 Å². The topological polar surface area (TPSA) is 131 Å². The molecule has 2 aromatic heterocycles. The molecule has 1 aliphatic heterocycles. The lowest BCUT2D eigenvalue weighted by molar-refractivity contribution is 0.102. The number of nitrogens with zero attached hydrogens (tertiary/aromatic N) is 4. The van der Waals surface area contributed by atoms with Crippen LogP contribution in [0.4, 0.5) is 5.69 Å². The molecule has 1 aliphatic rings. The van der Waals surface area contributed by atoms with Crippen molar-refractivity contribution in [2.45, 2.75) is 58.4 Å². The SMILES string of the molecule is COc1cc(C(=O)Nc2cccc(-c3cccc(-c4cnc(CNCCO)c(OC)n4)c3Cl)c2Cl)nc2c1CCN(CCO[Si](C)(C)C(C)(C)C)C2. The fraction of sp³-hybridized carbons (Fsp3) is 0.421. The summed E-state index contributed by atoms with van der Waals surface area (Å²) in [4.78, 5) is 30.0. The molecular weight excluding hydrogens is 719 g/mol. The molecule has 3 heterocycles. The summed E-state index contributed by atoms with van der Waals surface area (Å²) in [5.41, 5.74) is 5.53. The lowest BCUT2D eigenvalue weighted by Crippen LogP contribution is -2.43. The number of aromatic nitrogens is 3. The first-order chi connectivity index (χ1) is 24.8. The number of amides is 1. The second-order valence-corrected chi connectivity index (χ2v) is 19.7. The molecule has 0 bridgehead atoms. The summed E-state index contributed by atoms with van der Waals surface area (Å²) in [5.74, 6) is 0.585. The van der Waals surface area contributed by atoms with Crippen LogP contribution in [0.25, 0.3) is 22.4 Å². The summed E-state index contributed by atoms with van der Waals surface area (Å²) in [6.07, 6.45) is 2.40. The molecule has 2 aromatic carbocycles. The minimum atomic E-state index is -1.85. The van der Waals surface area contributed by atoms with E-state index in [1.165, 1.54) is 7.11 Å². The van der Waals surface area contributed by atoms with Gasteiger partial charge >= 0.3 is 0 Å². The first kappa shape index (κ1) is 39.6. The van der Waals surface area contributed by atoms with Gasteiger partial charge in [-0.2, -0.15) is 0 Å². The third-order valence-corrected chi connectivity index (χ3v) is 15.1. The molecule has 52 heavy (non-hydrogen) atoms. The number of methoxy groups -OCH3 is 2. The number of carbonyl (C=O) groups is 1. The van der Waals surface area contributed by atoms with E-state index in [9.17, 15) is 4.79 Å². The Kier molecular flexibility index (Phi) is 13.0. The number of rotatable bonds is 14. The number of benzene rings is 2. The van der Waals surface area contributed by atoms with Gasteiger partial charge in [0.15, 0.2) is 8.32 Å². The fourth-order valence-electron chi connectivity index (χ4n) is 5.75. The van der Waals surface area contributed by atoms with Crippen molar-refractivity contribution >= 4 is 43.1 Å². The Balaban J connectivity index is 1.35. The maximum absolute atomic E-state index is 13.7. The van der Waals surface area contributed by atoms with E-state index in [4.69, 9.17) is 47.2 Å². The van der Waals surface area contributed by atoms with Crippen molar-refractivity contribution in [1.29, 1.82) is 0 Å². The van der Waals surface area contributed by atoms with Crippen molar-refractivity contribution in [2.24, 2.45) is 0 Å². The summed E-state index contributed by atoms with van der Waals surface area (Å²) in [7, 11) is 1.29. The van der Waals surface area contributed by atoms with Gasteiger partial charge in [0, 0.05) is 67.7 Å². The molecule has 0 saturated heterocycles. The lowest BCUT2D eigenvalue weighted by atomic mass is 10.0. The molecular formula is C38H48Cl2N6O5Si. The van der Waals surface area contributed by atoms with Crippen molar-refractivity contribution < 1.29 is 23.8 Å². The molecule has 0 fully saturated rings. The number of anilines is 1. The zero-order chi connectivity index (χ0) is 37.6. The van der Waals surface area contributed by atoms with E-state index < -0.39 is 14.2 Å². The first-order valence-corrected chi connectivity index (χ1v) is 21.0. The van der Waals surface area contributed by atoms with Crippen LogP contribution in [0.1, 0.15) is 48.2 Å². The highest BCUT2D eigenvalue weighted by atomic mass is 35.5. The number of halogens is 2. The van der Waals surface area contributed by atoms with Gasteiger partial charge in [0.1, 0.15) is 17.1 Å². The van der Waals surface area contributed by atoms with Crippen LogP contribution in [-0.2, 0) is 23.9 Å². The number of hydrogen-bond acceptors (Lipinski definition) is 10. The molecule has 11 nitrogen and oxygen atoms in total. The summed E-state index contributed by atoms with van der Waals surface area (Å²) < 4.78 is 17.6. The van der Waals surface area contributed by atoms with Crippen molar-refractivity contribution in [1.82, 2.24) is 25.2 Å². The van der Waals surface area contributed by atoms with Gasteiger partial charge in [-0.15, -0.1) is 0 Å². The molecule has 0 spiro atoms. The highest BCUT2D eigenvalue weighted by Crippen LogP contribution is 2.42. The number of aliphatic hydroxyl groups excluding tert-OH is 1. The third-order valence-electron chi connectivity index (χ3n) is 9.75. The molecule has 0 unspecified atom stereocenters. The van der Waals surface area contributed by atoms with Crippen molar-refractivity contribution in [3.05, 3.63) is 81.4 Å². The van der Waals surface area contributed by atoms with Crippen LogP contribution < -0.4 is 20.1 Å². The quantitative estimate of drug-likeness (QED) is 0.0892. The molecule has 278 valence electrons. The Morgan fingerprint density at radius 2 is 1.73 bits per heavy atom. The molecule has 1 amide bonds. The molecule has 14 heteroatoms.